The van der Waals surface area contributed by atoms with Crippen LogP contribution in [0.2, 0.25) is 0 Å². The SMILES string of the molecule is O=C(O)CC[C@H]1CCCN(Cc2ccccc2)C1. The number of nitrogens with zero attached hydrogens (tertiary/aromatic N) is 1. The van der Waals surface area contributed by atoms with Crippen LogP contribution in [0.3, 0.4) is 0 Å². The molecular weight excluding hydrogens is 226 g/mol. The van der Waals surface area contributed by atoms with Gasteiger partial charge in [0.05, 0.1) is 0 Å². The minimum absolute atomic E-state index is 0.309. The first-order chi connectivity index (χ1) is 8.74. The Bertz CT molecular complexity index is 377. The van der Waals surface area contributed by atoms with Crippen LogP contribution in [-0.4, -0.2) is 29.1 Å². The predicted octanol–water partition coefficient (Wildman–Crippen LogP) is 2.76. The van der Waals surface area contributed by atoms with E-state index in [2.05, 4.69) is 29.2 Å². The third kappa shape index (κ3) is 4.15. The van der Waals surface area contributed by atoms with E-state index in [0.717, 1.165) is 26.1 Å². The molecule has 0 spiro atoms. The molecule has 1 aliphatic rings. The summed E-state index contributed by atoms with van der Waals surface area (Å²) in [6, 6.07) is 10.5. The molecule has 1 aliphatic heterocycles. The lowest BCUT2D eigenvalue weighted by Crippen LogP contribution is -2.35. The Morgan fingerprint density at radius 3 is 2.83 bits per heavy atom. The van der Waals surface area contributed by atoms with E-state index in [4.69, 9.17) is 5.11 Å². The predicted molar refractivity (Wildman–Crippen MR) is 71.3 cm³/mol. The van der Waals surface area contributed by atoms with Gasteiger partial charge in [-0.15, -0.1) is 0 Å². The second-order valence-electron chi connectivity index (χ2n) is 5.16. The van der Waals surface area contributed by atoms with Crippen molar-refractivity contribution in [2.75, 3.05) is 13.1 Å². The highest BCUT2D eigenvalue weighted by Gasteiger charge is 2.20. The van der Waals surface area contributed by atoms with Gasteiger partial charge in [-0.25, -0.2) is 0 Å². The third-order valence-corrected chi connectivity index (χ3v) is 3.62. The molecule has 3 heteroatoms. The number of piperidine rings is 1. The van der Waals surface area contributed by atoms with Gasteiger partial charge in [0.15, 0.2) is 0 Å². The molecule has 0 radical (unpaired) electrons. The van der Waals surface area contributed by atoms with E-state index in [0.29, 0.717) is 12.3 Å². The maximum atomic E-state index is 10.6. The average Bonchev–Trinajstić information content (AvgIpc) is 2.38. The van der Waals surface area contributed by atoms with E-state index >= 15 is 0 Å². The number of likely N-dealkylation sites (tertiary alicyclic amines) is 1. The normalized spacial score (nSPS) is 20.8. The summed E-state index contributed by atoms with van der Waals surface area (Å²) >= 11 is 0. The minimum atomic E-state index is -0.671. The lowest BCUT2D eigenvalue weighted by Gasteiger charge is -2.32. The summed E-state index contributed by atoms with van der Waals surface area (Å²) in [4.78, 5) is 13.1. The first kappa shape index (κ1) is 13.1. The van der Waals surface area contributed by atoms with E-state index < -0.39 is 5.97 Å². The summed E-state index contributed by atoms with van der Waals surface area (Å²) in [5, 5.41) is 8.73. The molecule has 0 aliphatic carbocycles. The molecule has 2 rings (SSSR count). The van der Waals surface area contributed by atoms with E-state index in [-0.39, 0.29) is 0 Å². The van der Waals surface area contributed by atoms with Crippen molar-refractivity contribution in [3.8, 4) is 0 Å². The van der Waals surface area contributed by atoms with Crippen LogP contribution in [0.25, 0.3) is 0 Å². The fourth-order valence-electron chi connectivity index (χ4n) is 2.70. The molecule has 1 saturated heterocycles. The van der Waals surface area contributed by atoms with Gasteiger partial charge in [0.2, 0.25) is 0 Å². The Hall–Kier alpha value is -1.35. The quantitative estimate of drug-likeness (QED) is 0.869. The number of aliphatic carboxylic acids is 1. The molecule has 0 unspecified atom stereocenters. The molecular formula is C15H21NO2. The van der Waals surface area contributed by atoms with Crippen LogP contribution in [0, 0.1) is 5.92 Å². The van der Waals surface area contributed by atoms with Crippen LogP contribution in [-0.2, 0) is 11.3 Å². The molecule has 3 nitrogen and oxygen atoms in total. The number of carboxylic acid groups (broad SMARTS) is 1. The molecule has 0 bridgehead atoms. The number of carbonyl (C=O) groups is 1. The highest BCUT2D eigenvalue weighted by atomic mass is 16.4. The number of hydrogen-bond acceptors (Lipinski definition) is 2. The van der Waals surface area contributed by atoms with Crippen molar-refractivity contribution in [1.82, 2.24) is 4.90 Å². The topological polar surface area (TPSA) is 40.5 Å². The molecule has 1 fully saturated rings. The summed E-state index contributed by atoms with van der Waals surface area (Å²) in [7, 11) is 0. The van der Waals surface area contributed by atoms with Gasteiger partial charge in [0.1, 0.15) is 0 Å². The van der Waals surface area contributed by atoms with E-state index in [1.54, 1.807) is 0 Å². The van der Waals surface area contributed by atoms with Crippen molar-refractivity contribution in [2.45, 2.75) is 32.2 Å². The largest absolute Gasteiger partial charge is 0.481 e. The standard InChI is InChI=1S/C15H21NO2/c17-15(18)9-8-14-7-4-10-16(12-14)11-13-5-2-1-3-6-13/h1-3,5-6,14H,4,7-12H2,(H,17,18)/t14-/m1/s1. The first-order valence-corrected chi connectivity index (χ1v) is 6.72. The monoisotopic (exact) mass is 247 g/mol. The van der Waals surface area contributed by atoms with Gasteiger partial charge in [-0.3, -0.25) is 9.69 Å². The summed E-state index contributed by atoms with van der Waals surface area (Å²) in [6.07, 6.45) is 3.50. The fourth-order valence-corrected chi connectivity index (χ4v) is 2.70. The highest BCUT2D eigenvalue weighted by molar-refractivity contribution is 5.66. The van der Waals surface area contributed by atoms with E-state index in [9.17, 15) is 4.79 Å². The lowest BCUT2D eigenvalue weighted by molar-refractivity contribution is -0.137. The van der Waals surface area contributed by atoms with Crippen LogP contribution in [0.4, 0.5) is 0 Å². The second-order valence-corrected chi connectivity index (χ2v) is 5.16. The molecule has 1 N–H and O–H groups in total. The van der Waals surface area contributed by atoms with Gasteiger partial charge >= 0.3 is 5.97 Å². The summed E-state index contributed by atoms with van der Waals surface area (Å²) in [5.41, 5.74) is 1.34. The van der Waals surface area contributed by atoms with Gasteiger partial charge in [-0.05, 0) is 37.3 Å². The Balaban J connectivity index is 1.81. The van der Waals surface area contributed by atoms with E-state index in [1.165, 1.54) is 18.4 Å². The van der Waals surface area contributed by atoms with Gasteiger partial charge in [-0.1, -0.05) is 30.3 Å². The number of carboxylic acids is 1. The molecule has 1 aromatic carbocycles. The zero-order chi connectivity index (χ0) is 12.8. The molecule has 1 aromatic rings. The van der Waals surface area contributed by atoms with Crippen LogP contribution in [0.15, 0.2) is 30.3 Å². The van der Waals surface area contributed by atoms with Crippen molar-refractivity contribution in [3.05, 3.63) is 35.9 Å². The van der Waals surface area contributed by atoms with E-state index in [1.807, 2.05) is 6.07 Å². The van der Waals surface area contributed by atoms with Gasteiger partial charge in [0.25, 0.3) is 0 Å². The number of rotatable bonds is 5. The van der Waals surface area contributed by atoms with Crippen LogP contribution in [0.1, 0.15) is 31.2 Å². The van der Waals surface area contributed by atoms with Crippen LogP contribution >= 0.6 is 0 Å². The second kappa shape index (κ2) is 6.55. The molecule has 0 saturated carbocycles. The summed E-state index contributed by atoms with van der Waals surface area (Å²) in [6.45, 7) is 3.17. The van der Waals surface area contributed by atoms with Crippen molar-refractivity contribution in [1.29, 1.82) is 0 Å². The number of benzene rings is 1. The average molecular weight is 247 g/mol. The molecule has 98 valence electrons. The molecule has 0 amide bonds. The molecule has 1 atom stereocenters. The van der Waals surface area contributed by atoms with Crippen molar-refractivity contribution < 1.29 is 9.90 Å². The van der Waals surface area contributed by atoms with Crippen LogP contribution < -0.4 is 0 Å². The summed E-state index contributed by atoms with van der Waals surface area (Å²) < 4.78 is 0. The highest BCUT2D eigenvalue weighted by Crippen LogP contribution is 2.22. The Morgan fingerprint density at radius 1 is 1.33 bits per heavy atom. The molecule has 18 heavy (non-hydrogen) atoms. The van der Waals surface area contributed by atoms with Crippen LogP contribution in [0.5, 0.6) is 0 Å². The maximum Gasteiger partial charge on any atom is 0.303 e. The molecule has 0 aromatic heterocycles. The zero-order valence-electron chi connectivity index (χ0n) is 10.7. The van der Waals surface area contributed by atoms with Gasteiger partial charge in [-0.2, -0.15) is 0 Å². The smallest absolute Gasteiger partial charge is 0.303 e. The minimum Gasteiger partial charge on any atom is -0.481 e. The lowest BCUT2D eigenvalue weighted by atomic mass is 9.93. The zero-order valence-corrected chi connectivity index (χ0v) is 10.7. The Kier molecular flexibility index (Phi) is 4.76. The van der Waals surface area contributed by atoms with Crippen molar-refractivity contribution >= 4 is 5.97 Å². The van der Waals surface area contributed by atoms with Gasteiger partial charge < -0.3 is 5.11 Å². The number of hydrogen-bond donors (Lipinski definition) is 1. The molecule has 1 heterocycles. The van der Waals surface area contributed by atoms with Crippen molar-refractivity contribution in [2.24, 2.45) is 5.92 Å². The van der Waals surface area contributed by atoms with Gasteiger partial charge in [0, 0.05) is 19.5 Å². The summed E-state index contributed by atoms with van der Waals surface area (Å²) in [5.74, 6) is -0.117. The third-order valence-electron chi connectivity index (χ3n) is 3.62. The fraction of sp³-hybridized carbons (Fsp3) is 0.533. The first-order valence-electron chi connectivity index (χ1n) is 6.72. The Morgan fingerprint density at radius 2 is 2.11 bits per heavy atom. The van der Waals surface area contributed by atoms with Crippen molar-refractivity contribution in [3.63, 3.8) is 0 Å². The Labute approximate surface area is 108 Å². The maximum absolute atomic E-state index is 10.6.